The number of anilines is 1. The van der Waals surface area contributed by atoms with Crippen molar-refractivity contribution in [3.63, 3.8) is 0 Å². The van der Waals surface area contributed by atoms with Crippen LogP contribution < -0.4 is 4.90 Å². The van der Waals surface area contributed by atoms with Gasteiger partial charge in [-0.2, -0.15) is 10.2 Å². The first-order chi connectivity index (χ1) is 17.2. The highest BCUT2D eigenvalue weighted by Gasteiger charge is 2.22. The molecule has 1 aliphatic heterocycles. The van der Waals surface area contributed by atoms with Gasteiger partial charge in [0.2, 0.25) is 0 Å². The van der Waals surface area contributed by atoms with Crippen LogP contribution in [0.4, 0.5) is 5.69 Å². The molecule has 190 valence electrons. The smallest absolute Gasteiger partial charge is 0.158 e. The quantitative estimate of drug-likeness (QED) is 0.409. The minimum Gasteiger partial charge on any atom is -0.369 e. The van der Waals surface area contributed by atoms with Gasteiger partial charge in [-0.25, -0.2) is 17.9 Å². The third-order valence-corrected chi connectivity index (χ3v) is 7.81. The van der Waals surface area contributed by atoms with Crippen LogP contribution in [0.2, 0.25) is 0 Å². The Balaban J connectivity index is 1.35. The lowest BCUT2D eigenvalue weighted by atomic mass is 9.94. The number of benzene rings is 1. The van der Waals surface area contributed by atoms with Gasteiger partial charge >= 0.3 is 0 Å². The average Bonchev–Trinajstić information content (AvgIpc) is 3.50. The van der Waals surface area contributed by atoms with E-state index in [0.717, 1.165) is 59.9 Å². The van der Waals surface area contributed by atoms with Crippen LogP contribution >= 0.6 is 0 Å². The van der Waals surface area contributed by atoms with Crippen LogP contribution in [0, 0.1) is 6.92 Å². The number of fused-ring (bicyclic) bond motifs is 1. The number of piperazine rings is 1. The molecule has 1 saturated heterocycles. The lowest BCUT2D eigenvalue weighted by molar-refractivity contribution is 0.272. The maximum absolute atomic E-state index is 11.5. The van der Waals surface area contributed by atoms with Gasteiger partial charge in [-0.1, -0.05) is 26.0 Å². The molecule has 10 heteroatoms. The molecule has 0 amide bonds. The molecule has 4 heterocycles. The molecule has 1 aromatic carbocycles. The number of aromatic nitrogens is 5. The Morgan fingerprint density at radius 1 is 1.06 bits per heavy atom. The molecule has 1 N–H and O–H groups in total. The Hall–Kier alpha value is -3.24. The molecular formula is C26H33N7O2S. The summed E-state index contributed by atoms with van der Waals surface area (Å²) < 4.78 is 24.7. The van der Waals surface area contributed by atoms with Crippen LogP contribution in [0.25, 0.3) is 28.2 Å². The zero-order valence-corrected chi connectivity index (χ0v) is 22.1. The van der Waals surface area contributed by atoms with Gasteiger partial charge in [-0.15, -0.1) is 0 Å². The monoisotopic (exact) mass is 507 g/mol. The fourth-order valence-corrected chi connectivity index (χ4v) is 5.53. The number of pyridine rings is 1. The summed E-state index contributed by atoms with van der Waals surface area (Å²) in [5.41, 5.74) is 8.37. The number of H-pyrrole nitrogens is 1. The first kappa shape index (κ1) is 24.5. The van der Waals surface area contributed by atoms with Crippen molar-refractivity contribution < 1.29 is 8.42 Å². The van der Waals surface area contributed by atoms with Gasteiger partial charge in [-0.3, -0.25) is 10.00 Å². The second-order valence-corrected chi connectivity index (χ2v) is 12.2. The normalized spacial score (nSPS) is 15.3. The Morgan fingerprint density at radius 3 is 2.44 bits per heavy atom. The van der Waals surface area contributed by atoms with Crippen molar-refractivity contribution in [1.82, 2.24) is 29.7 Å². The van der Waals surface area contributed by atoms with E-state index in [4.69, 9.17) is 5.10 Å². The fourth-order valence-electron chi connectivity index (χ4n) is 4.94. The predicted octanol–water partition coefficient (Wildman–Crippen LogP) is 3.38. The Bertz CT molecular complexity index is 1460. The van der Waals surface area contributed by atoms with Crippen molar-refractivity contribution in [3.05, 3.63) is 54.0 Å². The van der Waals surface area contributed by atoms with Crippen LogP contribution in [-0.2, 0) is 9.84 Å². The molecule has 3 aromatic heterocycles. The Labute approximate surface area is 212 Å². The molecule has 0 unspecified atom stereocenters. The minimum atomic E-state index is -2.93. The van der Waals surface area contributed by atoms with Crippen molar-refractivity contribution in [3.8, 4) is 22.5 Å². The van der Waals surface area contributed by atoms with Gasteiger partial charge in [0.05, 0.1) is 17.1 Å². The second-order valence-electron chi connectivity index (χ2n) is 9.96. The summed E-state index contributed by atoms with van der Waals surface area (Å²) in [5.74, 6) is 0.498. The predicted molar refractivity (Wildman–Crippen MR) is 143 cm³/mol. The van der Waals surface area contributed by atoms with E-state index in [1.54, 1.807) is 10.8 Å². The van der Waals surface area contributed by atoms with Crippen molar-refractivity contribution in [2.75, 3.05) is 49.6 Å². The van der Waals surface area contributed by atoms with Gasteiger partial charge in [0.15, 0.2) is 5.65 Å². The van der Waals surface area contributed by atoms with Gasteiger partial charge in [0.25, 0.3) is 0 Å². The standard InChI is InChI=1S/C26H33N7O2S/c1-18(2)23-24(29-30-25(23)21-15-19(3)26-27-17-28-33(26)16-21)20-5-7-22(8-6-20)32-11-9-31(10-12-32)13-14-36(4,34)35/h5-8,15-18H,9-14H2,1-4H3,(H,29,30). The number of nitrogens with zero attached hydrogens (tertiary/aromatic N) is 6. The third kappa shape index (κ3) is 5.01. The van der Waals surface area contributed by atoms with Crippen LogP contribution in [-0.4, -0.2) is 82.8 Å². The van der Waals surface area contributed by atoms with Gasteiger partial charge < -0.3 is 4.90 Å². The molecule has 0 aliphatic carbocycles. The number of nitrogens with one attached hydrogen (secondary N) is 1. The average molecular weight is 508 g/mol. The molecule has 0 atom stereocenters. The molecule has 0 bridgehead atoms. The number of hydrogen-bond donors (Lipinski definition) is 1. The van der Waals surface area contributed by atoms with E-state index >= 15 is 0 Å². The maximum atomic E-state index is 11.5. The van der Waals surface area contributed by atoms with E-state index in [2.05, 4.69) is 69.2 Å². The number of sulfone groups is 1. The van der Waals surface area contributed by atoms with E-state index in [9.17, 15) is 8.42 Å². The Kier molecular flexibility index (Phi) is 6.57. The highest BCUT2D eigenvalue weighted by Crippen LogP contribution is 2.36. The van der Waals surface area contributed by atoms with Crippen molar-refractivity contribution in [1.29, 1.82) is 0 Å². The van der Waals surface area contributed by atoms with Crippen molar-refractivity contribution in [2.24, 2.45) is 0 Å². The van der Waals surface area contributed by atoms with Crippen molar-refractivity contribution in [2.45, 2.75) is 26.7 Å². The number of hydrogen-bond acceptors (Lipinski definition) is 7. The molecule has 36 heavy (non-hydrogen) atoms. The lowest BCUT2D eigenvalue weighted by Crippen LogP contribution is -2.47. The van der Waals surface area contributed by atoms with Crippen molar-refractivity contribution >= 4 is 21.2 Å². The minimum absolute atomic E-state index is 0.221. The van der Waals surface area contributed by atoms with Gasteiger partial charge in [0, 0.05) is 62.0 Å². The third-order valence-electron chi connectivity index (χ3n) is 6.89. The van der Waals surface area contributed by atoms with Gasteiger partial charge in [-0.05, 0) is 42.2 Å². The summed E-state index contributed by atoms with van der Waals surface area (Å²) in [6, 6.07) is 10.8. The zero-order chi connectivity index (χ0) is 25.4. The van der Waals surface area contributed by atoms with E-state index in [1.165, 1.54) is 17.5 Å². The van der Waals surface area contributed by atoms with E-state index in [1.807, 2.05) is 13.1 Å². The summed E-state index contributed by atoms with van der Waals surface area (Å²) in [7, 11) is -2.93. The highest BCUT2D eigenvalue weighted by atomic mass is 32.2. The molecule has 0 spiro atoms. The maximum Gasteiger partial charge on any atom is 0.158 e. The van der Waals surface area contributed by atoms with E-state index in [-0.39, 0.29) is 11.7 Å². The molecule has 0 radical (unpaired) electrons. The molecule has 9 nitrogen and oxygen atoms in total. The summed E-state index contributed by atoms with van der Waals surface area (Å²) >= 11 is 0. The Morgan fingerprint density at radius 2 is 1.78 bits per heavy atom. The largest absolute Gasteiger partial charge is 0.369 e. The number of rotatable bonds is 7. The lowest BCUT2D eigenvalue weighted by Gasteiger charge is -2.36. The topological polar surface area (TPSA) is 99.5 Å². The summed E-state index contributed by atoms with van der Waals surface area (Å²) in [4.78, 5) is 8.91. The van der Waals surface area contributed by atoms with Crippen LogP contribution in [0.5, 0.6) is 0 Å². The summed E-state index contributed by atoms with van der Waals surface area (Å²) in [5, 5.41) is 12.3. The molecule has 1 aliphatic rings. The van der Waals surface area contributed by atoms with Crippen LogP contribution in [0.15, 0.2) is 42.9 Å². The first-order valence-corrected chi connectivity index (χ1v) is 14.4. The van der Waals surface area contributed by atoms with Crippen LogP contribution in [0.3, 0.4) is 0 Å². The summed E-state index contributed by atoms with van der Waals surface area (Å²) in [6.07, 6.45) is 4.86. The van der Waals surface area contributed by atoms with E-state index in [0.29, 0.717) is 6.54 Å². The molecular weight excluding hydrogens is 474 g/mol. The zero-order valence-electron chi connectivity index (χ0n) is 21.3. The van der Waals surface area contributed by atoms with Gasteiger partial charge in [0.1, 0.15) is 16.2 Å². The number of aryl methyl sites for hydroxylation is 1. The number of aromatic amines is 1. The second kappa shape index (κ2) is 9.67. The SMILES string of the molecule is Cc1cc(-c2n[nH]c(-c3ccc(N4CCN(CCS(C)(=O)=O)CC4)cc3)c2C(C)C)cn2ncnc12. The summed E-state index contributed by atoms with van der Waals surface area (Å²) in [6.45, 7) is 10.5. The van der Waals surface area contributed by atoms with E-state index < -0.39 is 9.84 Å². The highest BCUT2D eigenvalue weighted by molar-refractivity contribution is 7.90. The molecule has 4 aromatic rings. The fraction of sp³-hybridized carbons (Fsp3) is 0.423. The van der Waals surface area contributed by atoms with Crippen LogP contribution in [0.1, 0.15) is 30.9 Å². The molecule has 0 saturated carbocycles. The molecule has 1 fully saturated rings. The first-order valence-electron chi connectivity index (χ1n) is 12.3. The molecule has 5 rings (SSSR count).